The van der Waals surface area contributed by atoms with Crippen molar-refractivity contribution in [1.29, 1.82) is 0 Å². The summed E-state index contributed by atoms with van der Waals surface area (Å²) in [5, 5.41) is 3.65. The van der Waals surface area contributed by atoms with Crippen molar-refractivity contribution in [2.45, 2.75) is 13.8 Å². The number of aromatic nitrogens is 3. The maximum absolute atomic E-state index is 13.1. The molecule has 2 aromatic carbocycles. The van der Waals surface area contributed by atoms with Gasteiger partial charge in [-0.3, -0.25) is 14.9 Å². The molecule has 146 valence electrons. The SMILES string of the molecule is COC(=O)c1ccccc1N=C(C)c1c(C)[nH]n(-c2nc3ccccc3s2)c1=O. The Labute approximate surface area is 170 Å². The number of aliphatic imine (C=N–C) groups is 1. The Hall–Kier alpha value is -3.52. The highest BCUT2D eigenvalue weighted by molar-refractivity contribution is 7.20. The number of thiazole rings is 1. The van der Waals surface area contributed by atoms with Crippen LogP contribution in [0.5, 0.6) is 0 Å². The maximum Gasteiger partial charge on any atom is 0.340 e. The van der Waals surface area contributed by atoms with E-state index in [1.807, 2.05) is 31.2 Å². The Morgan fingerprint density at radius 2 is 1.90 bits per heavy atom. The molecule has 0 atom stereocenters. The zero-order valence-corrected chi connectivity index (χ0v) is 16.9. The first kappa shape index (κ1) is 18.8. The molecule has 0 bridgehead atoms. The van der Waals surface area contributed by atoms with E-state index in [-0.39, 0.29) is 5.56 Å². The smallest absolute Gasteiger partial charge is 0.340 e. The molecule has 2 heterocycles. The minimum Gasteiger partial charge on any atom is -0.465 e. The summed E-state index contributed by atoms with van der Waals surface area (Å²) in [6.45, 7) is 3.56. The Balaban J connectivity index is 1.80. The molecule has 0 aliphatic carbocycles. The molecule has 0 amide bonds. The van der Waals surface area contributed by atoms with Crippen LogP contribution in [0.15, 0.2) is 58.3 Å². The summed E-state index contributed by atoms with van der Waals surface area (Å²) in [5.41, 5.74) is 3.01. The van der Waals surface area contributed by atoms with Crippen LogP contribution in [0, 0.1) is 6.92 Å². The van der Waals surface area contributed by atoms with Gasteiger partial charge in [-0.25, -0.2) is 9.78 Å². The topological polar surface area (TPSA) is 89.3 Å². The summed E-state index contributed by atoms with van der Waals surface area (Å²) in [4.78, 5) is 34.2. The van der Waals surface area contributed by atoms with Crippen LogP contribution in [0.4, 0.5) is 5.69 Å². The number of para-hydroxylation sites is 2. The van der Waals surface area contributed by atoms with Crippen molar-refractivity contribution in [2.24, 2.45) is 4.99 Å². The Morgan fingerprint density at radius 1 is 1.17 bits per heavy atom. The molecule has 1 N–H and O–H groups in total. The number of nitrogens with one attached hydrogen (secondary N) is 1. The molecule has 4 rings (SSSR count). The molecule has 4 aromatic rings. The van der Waals surface area contributed by atoms with E-state index in [1.54, 1.807) is 31.2 Å². The fraction of sp³-hybridized carbons (Fsp3) is 0.143. The van der Waals surface area contributed by atoms with Crippen molar-refractivity contribution in [3.63, 3.8) is 0 Å². The number of hydrogen-bond donors (Lipinski definition) is 1. The minimum atomic E-state index is -0.477. The van der Waals surface area contributed by atoms with Crippen LogP contribution in [-0.2, 0) is 4.74 Å². The van der Waals surface area contributed by atoms with Crippen molar-refractivity contribution in [1.82, 2.24) is 14.8 Å². The number of aromatic amines is 1. The van der Waals surface area contributed by atoms with Crippen LogP contribution in [0.25, 0.3) is 15.3 Å². The molecule has 0 aliphatic rings. The number of esters is 1. The second kappa shape index (κ2) is 7.48. The summed E-state index contributed by atoms with van der Waals surface area (Å²) < 4.78 is 7.25. The number of ether oxygens (including phenoxy) is 1. The van der Waals surface area contributed by atoms with Gasteiger partial charge in [-0.05, 0) is 38.1 Å². The van der Waals surface area contributed by atoms with Crippen molar-refractivity contribution in [2.75, 3.05) is 7.11 Å². The highest BCUT2D eigenvalue weighted by Crippen LogP contribution is 2.24. The lowest BCUT2D eigenvalue weighted by molar-refractivity contribution is 0.0601. The third kappa shape index (κ3) is 3.38. The molecule has 0 saturated carbocycles. The van der Waals surface area contributed by atoms with Crippen molar-refractivity contribution in [3.8, 4) is 5.13 Å². The molecule has 0 spiro atoms. The van der Waals surface area contributed by atoms with Crippen molar-refractivity contribution < 1.29 is 9.53 Å². The lowest BCUT2D eigenvalue weighted by Gasteiger charge is -2.04. The number of aryl methyl sites for hydroxylation is 1. The van der Waals surface area contributed by atoms with Crippen LogP contribution < -0.4 is 5.56 Å². The molecule has 0 saturated heterocycles. The molecule has 7 nitrogen and oxygen atoms in total. The van der Waals surface area contributed by atoms with E-state index in [0.717, 1.165) is 10.2 Å². The third-order valence-corrected chi connectivity index (χ3v) is 5.53. The molecular weight excluding hydrogens is 388 g/mol. The predicted octanol–water partition coefficient (Wildman–Crippen LogP) is 4.01. The second-order valence-corrected chi connectivity index (χ2v) is 7.43. The van der Waals surface area contributed by atoms with Gasteiger partial charge in [0.2, 0.25) is 5.13 Å². The summed E-state index contributed by atoms with van der Waals surface area (Å²) in [6.07, 6.45) is 0. The van der Waals surface area contributed by atoms with Gasteiger partial charge in [0.25, 0.3) is 5.56 Å². The number of methoxy groups -OCH3 is 1. The summed E-state index contributed by atoms with van der Waals surface area (Å²) >= 11 is 1.43. The van der Waals surface area contributed by atoms with Crippen LogP contribution in [0.1, 0.15) is 28.5 Å². The average molecular weight is 406 g/mol. The van der Waals surface area contributed by atoms with Gasteiger partial charge < -0.3 is 4.74 Å². The highest BCUT2D eigenvalue weighted by atomic mass is 32.1. The first-order valence-corrected chi connectivity index (χ1v) is 9.72. The Morgan fingerprint density at radius 3 is 2.66 bits per heavy atom. The minimum absolute atomic E-state index is 0.238. The van der Waals surface area contributed by atoms with Gasteiger partial charge in [-0.1, -0.05) is 35.6 Å². The van der Waals surface area contributed by atoms with E-state index in [2.05, 4.69) is 15.1 Å². The highest BCUT2D eigenvalue weighted by Gasteiger charge is 2.18. The van der Waals surface area contributed by atoms with Crippen molar-refractivity contribution >= 4 is 38.9 Å². The number of rotatable bonds is 4. The number of carbonyl (C=O) groups excluding carboxylic acids is 1. The number of carbonyl (C=O) groups is 1. The number of H-pyrrole nitrogens is 1. The van der Waals surface area contributed by atoms with Gasteiger partial charge in [0.15, 0.2) is 0 Å². The van der Waals surface area contributed by atoms with Crippen molar-refractivity contribution in [3.05, 3.63) is 75.7 Å². The summed E-state index contributed by atoms with van der Waals surface area (Å²) in [5.74, 6) is -0.477. The number of benzene rings is 2. The summed E-state index contributed by atoms with van der Waals surface area (Å²) in [6, 6.07) is 14.6. The first-order valence-electron chi connectivity index (χ1n) is 8.90. The van der Waals surface area contributed by atoms with Gasteiger partial charge in [0, 0.05) is 5.69 Å². The standard InChI is InChI=1S/C21H18N4O3S/c1-12(22-15-9-5-4-8-14(15)20(27)28-3)18-13(2)24-25(19(18)26)21-23-16-10-6-7-11-17(16)29-21/h4-11,24H,1-3H3. The molecule has 29 heavy (non-hydrogen) atoms. The van der Waals surface area contributed by atoms with Crippen LogP contribution in [0.2, 0.25) is 0 Å². The van der Waals surface area contributed by atoms with Crippen LogP contribution in [0.3, 0.4) is 0 Å². The Bertz CT molecular complexity index is 1280. The van der Waals surface area contributed by atoms with Gasteiger partial charge in [-0.2, -0.15) is 4.68 Å². The lowest BCUT2D eigenvalue weighted by atomic mass is 10.1. The molecule has 2 aromatic heterocycles. The van der Waals surface area contributed by atoms with Crippen LogP contribution >= 0.6 is 11.3 Å². The van der Waals surface area contributed by atoms with Gasteiger partial charge in [-0.15, -0.1) is 0 Å². The zero-order chi connectivity index (χ0) is 20.5. The Kier molecular flexibility index (Phi) is 4.85. The van der Waals surface area contributed by atoms with E-state index >= 15 is 0 Å². The number of hydrogen-bond acceptors (Lipinski definition) is 6. The fourth-order valence-corrected chi connectivity index (χ4v) is 4.08. The molecular formula is C21H18N4O3S. The van der Waals surface area contributed by atoms with E-state index in [4.69, 9.17) is 4.74 Å². The number of fused-ring (bicyclic) bond motifs is 1. The zero-order valence-electron chi connectivity index (χ0n) is 16.1. The van der Waals surface area contributed by atoms with Gasteiger partial charge in [0.1, 0.15) is 0 Å². The second-order valence-electron chi connectivity index (χ2n) is 6.42. The first-order chi connectivity index (χ1) is 14.0. The summed E-state index contributed by atoms with van der Waals surface area (Å²) in [7, 11) is 1.32. The normalized spacial score (nSPS) is 11.8. The average Bonchev–Trinajstić information content (AvgIpc) is 3.28. The molecule has 0 radical (unpaired) electrons. The maximum atomic E-state index is 13.1. The van der Waals surface area contributed by atoms with E-state index < -0.39 is 5.97 Å². The van der Waals surface area contributed by atoms with Gasteiger partial charge >= 0.3 is 5.97 Å². The molecule has 0 aliphatic heterocycles. The van der Waals surface area contributed by atoms with E-state index in [9.17, 15) is 9.59 Å². The predicted molar refractivity (Wildman–Crippen MR) is 114 cm³/mol. The lowest BCUT2D eigenvalue weighted by Crippen LogP contribution is -2.19. The molecule has 0 unspecified atom stereocenters. The molecule has 8 heteroatoms. The largest absolute Gasteiger partial charge is 0.465 e. The van der Waals surface area contributed by atoms with Gasteiger partial charge in [0.05, 0.1) is 39.9 Å². The number of nitrogens with zero attached hydrogens (tertiary/aromatic N) is 3. The quantitative estimate of drug-likeness (QED) is 0.410. The third-order valence-electron chi connectivity index (χ3n) is 4.50. The van der Waals surface area contributed by atoms with E-state index in [0.29, 0.717) is 33.4 Å². The fourth-order valence-electron chi connectivity index (χ4n) is 3.15. The monoisotopic (exact) mass is 406 g/mol. The van der Waals surface area contributed by atoms with Crippen LogP contribution in [-0.4, -0.2) is 33.6 Å². The molecule has 0 fully saturated rings. The van der Waals surface area contributed by atoms with E-state index in [1.165, 1.54) is 23.1 Å².